The van der Waals surface area contributed by atoms with Gasteiger partial charge in [-0.3, -0.25) is 4.79 Å². The highest BCUT2D eigenvalue weighted by molar-refractivity contribution is 5.50. The van der Waals surface area contributed by atoms with Gasteiger partial charge in [-0.15, -0.1) is 0 Å². The Balaban J connectivity index is 1.67. The van der Waals surface area contributed by atoms with E-state index in [0.717, 1.165) is 51.4 Å². The van der Waals surface area contributed by atoms with E-state index >= 15 is 0 Å². The maximum absolute atomic E-state index is 11.5. The standard InChI is InChI=1S/C31H48O3/c1-20(2)21(3)9-11-25(34-19-32)24-14-18-30(7)23-10-12-26-28(4,5)27(33)15-16-29(26,6)22(23)13-17-31(24,30)8/h10,13,19-20,24-27,33H,3,9,11-12,14-18H2,1-2,4-8H3/t24-,25-,26+,27+,29-,30+,31-/m1/s1. The summed E-state index contributed by atoms with van der Waals surface area (Å²) in [6.07, 6.45) is 12.9. The number of hydrogen-bond acceptors (Lipinski definition) is 3. The minimum atomic E-state index is -0.219. The lowest BCUT2D eigenvalue weighted by atomic mass is 9.44. The molecule has 0 aromatic rings. The minimum absolute atomic E-state index is 0.0499. The van der Waals surface area contributed by atoms with E-state index in [9.17, 15) is 9.90 Å². The van der Waals surface area contributed by atoms with Crippen molar-refractivity contribution in [2.24, 2.45) is 39.4 Å². The summed E-state index contributed by atoms with van der Waals surface area (Å²) in [6.45, 7) is 21.3. The second kappa shape index (κ2) is 8.64. The third kappa shape index (κ3) is 3.59. The Labute approximate surface area is 208 Å². The SMILES string of the molecule is C=C(CC[C@@H](OC=O)[C@H]1CC[C@@]2(C)C3=CC[C@H]4C(C)(C)[C@@H](O)CC[C@]4(C)C3=CC[C@]12C)C(C)C. The molecule has 4 rings (SSSR count). The van der Waals surface area contributed by atoms with Crippen LogP contribution in [0.15, 0.2) is 35.5 Å². The van der Waals surface area contributed by atoms with Gasteiger partial charge in [0.25, 0.3) is 6.47 Å². The van der Waals surface area contributed by atoms with Crippen LogP contribution in [0, 0.1) is 39.4 Å². The summed E-state index contributed by atoms with van der Waals surface area (Å²) in [4.78, 5) is 11.5. The molecule has 1 N–H and O–H groups in total. The maximum atomic E-state index is 11.5. The van der Waals surface area contributed by atoms with Crippen molar-refractivity contribution in [1.29, 1.82) is 0 Å². The fourth-order valence-electron chi connectivity index (χ4n) is 8.68. The van der Waals surface area contributed by atoms with E-state index in [4.69, 9.17) is 4.74 Å². The predicted octanol–water partition coefficient (Wildman–Crippen LogP) is 7.41. The lowest BCUT2D eigenvalue weighted by Gasteiger charge is -2.61. The molecule has 4 aliphatic rings. The first-order valence-corrected chi connectivity index (χ1v) is 13.7. The topological polar surface area (TPSA) is 46.5 Å². The van der Waals surface area contributed by atoms with Crippen molar-refractivity contribution in [2.75, 3.05) is 0 Å². The van der Waals surface area contributed by atoms with Crippen LogP contribution >= 0.6 is 0 Å². The highest BCUT2D eigenvalue weighted by Crippen LogP contribution is 2.71. The van der Waals surface area contributed by atoms with Crippen LogP contribution in [0.5, 0.6) is 0 Å². The summed E-state index contributed by atoms with van der Waals surface area (Å²) >= 11 is 0. The number of carbonyl (C=O) groups is 1. The molecule has 3 nitrogen and oxygen atoms in total. The monoisotopic (exact) mass is 468 g/mol. The quantitative estimate of drug-likeness (QED) is 0.313. The number of fused-ring (bicyclic) bond motifs is 5. The zero-order valence-electron chi connectivity index (χ0n) is 22.7. The van der Waals surface area contributed by atoms with Gasteiger partial charge in [0, 0.05) is 5.92 Å². The summed E-state index contributed by atoms with van der Waals surface area (Å²) in [5.41, 5.74) is 4.58. The summed E-state index contributed by atoms with van der Waals surface area (Å²) in [7, 11) is 0. The number of carbonyl (C=O) groups excluding carboxylic acids is 1. The number of hydrogen-bond donors (Lipinski definition) is 1. The molecule has 0 saturated heterocycles. The van der Waals surface area contributed by atoms with Gasteiger partial charge >= 0.3 is 0 Å². The largest absolute Gasteiger partial charge is 0.464 e. The molecular formula is C31H48O3. The molecule has 0 radical (unpaired) electrons. The molecule has 0 amide bonds. The first-order chi connectivity index (χ1) is 15.8. The van der Waals surface area contributed by atoms with Crippen molar-refractivity contribution in [3.05, 3.63) is 35.5 Å². The Morgan fingerprint density at radius 2 is 1.85 bits per heavy atom. The lowest BCUT2D eigenvalue weighted by molar-refractivity contribution is -0.140. The van der Waals surface area contributed by atoms with E-state index in [0.29, 0.717) is 24.2 Å². The number of ether oxygens (including phenoxy) is 1. The van der Waals surface area contributed by atoms with Gasteiger partial charge in [-0.1, -0.05) is 72.8 Å². The molecule has 3 heteroatoms. The van der Waals surface area contributed by atoms with Crippen LogP contribution in [0.25, 0.3) is 0 Å². The Hall–Kier alpha value is -1.35. The third-order valence-corrected chi connectivity index (χ3v) is 11.5. The Morgan fingerprint density at radius 3 is 2.50 bits per heavy atom. The predicted molar refractivity (Wildman–Crippen MR) is 139 cm³/mol. The van der Waals surface area contributed by atoms with Gasteiger partial charge in [0.2, 0.25) is 0 Å². The lowest BCUT2D eigenvalue weighted by Crippen LogP contribution is -2.54. The number of aliphatic hydroxyl groups is 1. The van der Waals surface area contributed by atoms with Gasteiger partial charge in [-0.05, 0) is 96.0 Å². The maximum Gasteiger partial charge on any atom is 0.293 e. The van der Waals surface area contributed by atoms with E-state index in [-0.39, 0.29) is 33.9 Å². The van der Waals surface area contributed by atoms with E-state index in [1.165, 1.54) is 5.57 Å². The van der Waals surface area contributed by atoms with Gasteiger partial charge in [-0.25, -0.2) is 0 Å². The van der Waals surface area contributed by atoms with Gasteiger partial charge in [0.15, 0.2) is 0 Å². The molecule has 0 aromatic carbocycles. The molecule has 0 heterocycles. The molecule has 190 valence electrons. The highest BCUT2D eigenvalue weighted by atomic mass is 16.5. The van der Waals surface area contributed by atoms with Crippen LogP contribution in [0.1, 0.15) is 99.8 Å². The van der Waals surface area contributed by atoms with E-state index < -0.39 is 0 Å². The number of allylic oxidation sites excluding steroid dienone is 5. The average molecular weight is 469 g/mol. The normalized spacial score (nSPS) is 41.5. The molecule has 2 fully saturated rings. The van der Waals surface area contributed by atoms with Crippen LogP contribution in [0.3, 0.4) is 0 Å². The second-order valence-corrected chi connectivity index (χ2v) is 13.5. The van der Waals surface area contributed by atoms with Crippen molar-refractivity contribution < 1.29 is 14.6 Å². The van der Waals surface area contributed by atoms with Crippen molar-refractivity contribution in [1.82, 2.24) is 0 Å². The fourth-order valence-corrected chi connectivity index (χ4v) is 8.68. The van der Waals surface area contributed by atoms with E-state index in [1.807, 2.05) is 0 Å². The van der Waals surface area contributed by atoms with Crippen molar-refractivity contribution in [3.8, 4) is 0 Å². The van der Waals surface area contributed by atoms with E-state index in [2.05, 4.69) is 67.2 Å². The smallest absolute Gasteiger partial charge is 0.293 e. The first kappa shape index (κ1) is 25.7. The molecule has 0 unspecified atom stereocenters. The van der Waals surface area contributed by atoms with Crippen LogP contribution in [0.4, 0.5) is 0 Å². The first-order valence-electron chi connectivity index (χ1n) is 13.7. The van der Waals surface area contributed by atoms with E-state index in [1.54, 1.807) is 11.1 Å². The number of rotatable bonds is 7. The summed E-state index contributed by atoms with van der Waals surface area (Å²) < 4.78 is 5.81. The molecule has 7 atom stereocenters. The minimum Gasteiger partial charge on any atom is -0.464 e. The molecule has 34 heavy (non-hydrogen) atoms. The molecule has 2 saturated carbocycles. The van der Waals surface area contributed by atoms with Crippen LogP contribution in [-0.2, 0) is 9.53 Å². The Morgan fingerprint density at radius 1 is 1.15 bits per heavy atom. The Kier molecular flexibility index (Phi) is 6.54. The van der Waals surface area contributed by atoms with Crippen molar-refractivity contribution in [3.63, 3.8) is 0 Å². The molecule has 4 aliphatic carbocycles. The summed E-state index contributed by atoms with van der Waals surface area (Å²) in [5, 5.41) is 10.8. The second-order valence-electron chi connectivity index (χ2n) is 13.5. The van der Waals surface area contributed by atoms with Crippen LogP contribution < -0.4 is 0 Å². The van der Waals surface area contributed by atoms with Crippen molar-refractivity contribution in [2.45, 2.75) is 112 Å². The van der Waals surface area contributed by atoms with Crippen molar-refractivity contribution >= 4 is 6.47 Å². The van der Waals surface area contributed by atoms with Crippen LogP contribution in [0.2, 0.25) is 0 Å². The highest BCUT2D eigenvalue weighted by Gasteiger charge is 2.63. The average Bonchev–Trinajstić information content (AvgIpc) is 3.05. The molecule has 0 bridgehead atoms. The molecule has 0 aliphatic heterocycles. The summed E-state index contributed by atoms with van der Waals surface area (Å²) in [6, 6.07) is 0. The zero-order chi connectivity index (χ0) is 25.1. The van der Waals surface area contributed by atoms with Gasteiger partial charge < -0.3 is 9.84 Å². The zero-order valence-corrected chi connectivity index (χ0v) is 22.7. The molecular weight excluding hydrogens is 420 g/mol. The van der Waals surface area contributed by atoms with Gasteiger partial charge in [-0.2, -0.15) is 0 Å². The number of aliphatic hydroxyl groups excluding tert-OH is 1. The van der Waals surface area contributed by atoms with Gasteiger partial charge in [0.05, 0.1) is 6.10 Å². The van der Waals surface area contributed by atoms with Gasteiger partial charge in [0.1, 0.15) is 6.10 Å². The molecule has 0 spiro atoms. The summed E-state index contributed by atoms with van der Waals surface area (Å²) in [5.74, 6) is 1.29. The third-order valence-electron chi connectivity index (χ3n) is 11.5. The molecule has 0 aromatic heterocycles. The Bertz CT molecular complexity index is 894. The fraction of sp³-hybridized carbons (Fsp3) is 0.774. The van der Waals surface area contributed by atoms with Crippen LogP contribution in [-0.4, -0.2) is 23.8 Å².